The highest BCUT2D eigenvalue weighted by Crippen LogP contribution is 2.22. The number of carboxylic acid groups (broad SMARTS) is 1. The van der Waals surface area contributed by atoms with Crippen molar-refractivity contribution in [1.29, 1.82) is 0 Å². The lowest BCUT2D eigenvalue weighted by Crippen LogP contribution is -2.36. The van der Waals surface area contributed by atoms with E-state index in [0.29, 0.717) is 11.4 Å². The minimum absolute atomic E-state index is 0.0684. The summed E-state index contributed by atoms with van der Waals surface area (Å²) in [5.74, 6) is 1.34. The van der Waals surface area contributed by atoms with Gasteiger partial charge in [0.25, 0.3) is 0 Å². The van der Waals surface area contributed by atoms with E-state index in [4.69, 9.17) is 11.5 Å². The molecule has 5 nitrogen and oxygen atoms in total. The Morgan fingerprint density at radius 3 is 2.88 bits per heavy atom. The summed E-state index contributed by atoms with van der Waals surface area (Å²) < 4.78 is 0. The van der Waals surface area contributed by atoms with Gasteiger partial charge in [-0.25, -0.2) is 9.59 Å². The Hall–Kier alpha value is -2.00. The minimum atomic E-state index is -1.08. The summed E-state index contributed by atoms with van der Waals surface area (Å²) in [4.78, 5) is 22.3. The van der Waals surface area contributed by atoms with E-state index in [1.54, 1.807) is 5.38 Å². The lowest BCUT2D eigenvalue weighted by molar-refractivity contribution is 0.0698. The molecular formula is C11H12N2O3S. The molecule has 0 aliphatic heterocycles. The van der Waals surface area contributed by atoms with Crippen molar-refractivity contribution in [3.05, 3.63) is 17.0 Å². The van der Waals surface area contributed by atoms with Crippen LogP contribution in [-0.2, 0) is 0 Å². The number of hydrogen-bond acceptors (Lipinski definition) is 3. The number of thiophene rings is 1. The molecule has 1 heterocycles. The lowest BCUT2D eigenvalue weighted by Gasteiger charge is -2.11. The van der Waals surface area contributed by atoms with Crippen LogP contribution < -0.4 is 10.6 Å². The highest BCUT2D eigenvalue weighted by Gasteiger charge is 2.14. The second-order valence-electron chi connectivity index (χ2n) is 3.19. The molecule has 1 atom stereocenters. The van der Waals surface area contributed by atoms with Gasteiger partial charge < -0.3 is 10.4 Å². The number of terminal acetylenes is 1. The quantitative estimate of drug-likeness (QED) is 0.717. The van der Waals surface area contributed by atoms with Gasteiger partial charge in [-0.1, -0.05) is 12.8 Å². The van der Waals surface area contributed by atoms with Crippen molar-refractivity contribution in [2.75, 3.05) is 5.32 Å². The molecule has 90 valence electrons. The number of rotatable bonds is 4. The van der Waals surface area contributed by atoms with Crippen LogP contribution in [0.2, 0.25) is 0 Å². The van der Waals surface area contributed by atoms with E-state index in [-0.39, 0.29) is 11.6 Å². The zero-order chi connectivity index (χ0) is 12.8. The summed E-state index contributed by atoms with van der Waals surface area (Å²) in [7, 11) is 0. The Labute approximate surface area is 103 Å². The predicted octanol–water partition coefficient (Wildman–Crippen LogP) is 1.98. The van der Waals surface area contributed by atoms with Gasteiger partial charge in [-0.2, -0.15) is 0 Å². The molecule has 1 aromatic rings. The lowest BCUT2D eigenvalue weighted by atomic mass is 10.2. The molecule has 0 aliphatic rings. The Kier molecular flexibility index (Phi) is 4.55. The van der Waals surface area contributed by atoms with E-state index in [9.17, 15) is 9.59 Å². The van der Waals surface area contributed by atoms with Crippen LogP contribution in [0.1, 0.15) is 23.7 Å². The molecule has 3 N–H and O–H groups in total. The fraction of sp³-hybridized carbons (Fsp3) is 0.273. The van der Waals surface area contributed by atoms with E-state index >= 15 is 0 Å². The Morgan fingerprint density at radius 2 is 2.35 bits per heavy atom. The number of nitrogens with one attached hydrogen (secondary N) is 2. The van der Waals surface area contributed by atoms with E-state index < -0.39 is 12.0 Å². The monoisotopic (exact) mass is 252 g/mol. The van der Waals surface area contributed by atoms with Gasteiger partial charge in [0.15, 0.2) is 0 Å². The molecule has 6 heteroatoms. The minimum Gasteiger partial charge on any atom is -0.478 e. The second kappa shape index (κ2) is 5.92. The van der Waals surface area contributed by atoms with Crippen molar-refractivity contribution in [3.8, 4) is 12.3 Å². The smallest absolute Gasteiger partial charge is 0.338 e. The molecule has 1 rings (SSSR count). The summed E-state index contributed by atoms with van der Waals surface area (Å²) in [5, 5.41) is 15.7. The summed E-state index contributed by atoms with van der Waals surface area (Å²) in [6.07, 6.45) is 5.81. The van der Waals surface area contributed by atoms with Crippen LogP contribution in [0, 0.1) is 12.3 Å². The molecule has 1 aromatic heterocycles. The van der Waals surface area contributed by atoms with Crippen molar-refractivity contribution in [1.82, 2.24) is 5.32 Å². The van der Waals surface area contributed by atoms with Gasteiger partial charge in [-0.3, -0.25) is 5.32 Å². The molecule has 0 aromatic carbocycles. The topological polar surface area (TPSA) is 78.4 Å². The van der Waals surface area contributed by atoms with Gasteiger partial charge in [0, 0.05) is 0 Å². The molecule has 0 aliphatic carbocycles. The van der Waals surface area contributed by atoms with Crippen LogP contribution in [0.25, 0.3) is 0 Å². The summed E-state index contributed by atoms with van der Waals surface area (Å²) in [5.41, 5.74) is 0.0684. The van der Waals surface area contributed by atoms with Crippen LogP contribution in [-0.4, -0.2) is 23.1 Å². The first kappa shape index (κ1) is 13.1. The zero-order valence-electron chi connectivity index (χ0n) is 9.19. The third-order valence-electron chi connectivity index (χ3n) is 2.04. The molecule has 0 saturated heterocycles. The summed E-state index contributed by atoms with van der Waals surface area (Å²) in [6.45, 7) is 1.85. The average molecular weight is 252 g/mol. The predicted molar refractivity (Wildman–Crippen MR) is 66.3 cm³/mol. The largest absolute Gasteiger partial charge is 0.478 e. The van der Waals surface area contributed by atoms with Gasteiger partial charge in [-0.05, 0) is 17.9 Å². The summed E-state index contributed by atoms with van der Waals surface area (Å²) in [6, 6.07) is 0.573. The highest BCUT2D eigenvalue weighted by atomic mass is 32.1. The normalized spacial score (nSPS) is 11.3. The number of amides is 2. The first-order valence-electron chi connectivity index (χ1n) is 4.93. The highest BCUT2D eigenvalue weighted by molar-refractivity contribution is 7.14. The van der Waals surface area contributed by atoms with Crippen LogP contribution in [0.3, 0.4) is 0 Å². The average Bonchev–Trinajstić information content (AvgIpc) is 2.74. The van der Waals surface area contributed by atoms with Crippen LogP contribution in [0.15, 0.2) is 11.4 Å². The van der Waals surface area contributed by atoms with E-state index in [1.165, 1.54) is 6.07 Å². The van der Waals surface area contributed by atoms with Crippen LogP contribution in [0.5, 0.6) is 0 Å². The molecule has 0 saturated carbocycles. The number of anilines is 1. The number of carboxylic acids is 1. The number of carbonyl (C=O) groups is 2. The SMILES string of the molecule is C#CC(CC)NC(=O)Nc1sccc1C(=O)O. The zero-order valence-corrected chi connectivity index (χ0v) is 10.0. The molecule has 1 unspecified atom stereocenters. The maximum atomic E-state index is 11.5. The third-order valence-corrected chi connectivity index (χ3v) is 2.87. The number of aromatic carboxylic acids is 1. The van der Waals surface area contributed by atoms with Crippen molar-refractivity contribution in [2.45, 2.75) is 19.4 Å². The maximum Gasteiger partial charge on any atom is 0.338 e. The van der Waals surface area contributed by atoms with Crippen LogP contribution >= 0.6 is 11.3 Å². The molecule has 17 heavy (non-hydrogen) atoms. The van der Waals surface area contributed by atoms with Gasteiger partial charge in [-0.15, -0.1) is 17.8 Å². The van der Waals surface area contributed by atoms with Crippen molar-refractivity contribution in [2.24, 2.45) is 0 Å². The van der Waals surface area contributed by atoms with Gasteiger partial charge in [0.1, 0.15) is 5.00 Å². The van der Waals surface area contributed by atoms with Gasteiger partial charge in [0.05, 0.1) is 11.6 Å². The van der Waals surface area contributed by atoms with Gasteiger partial charge in [0.2, 0.25) is 0 Å². The maximum absolute atomic E-state index is 11.5. The van der Waals surface area contributed by atoms with Crippen molar-refractivity contribution >= 4 is 28.3 Å². The fourth-order valence-corrected chi connectivity index (χ4v) is 1.91. The van der Waals surface area contributed by atoms with Crippen molar-refractivity contribution < 1.29 is 14.7 Å². The number of urea groups is 1. The molecule has 0 fully saturated rings. The molecule has 2 amide bonds. The second-order valence-corrected chi connectivity index (χ2v) is 4.11. The number of carbonyl (C=O) groups excluding carboxylic acids is 1. The molecule has 0 spiro atoms. The number of hydrogen-bond donors (Lipinski definition) is 3. The van der Waals surface area contributed by atoms with Crippen LogP contribution in [0.4, 0.5) is 9.80 Å². The first-order chi connectivity index (χ1) is 8.08. The molecular weight excluding hydrogens is 240 g/mol. The Morgan fingerprint density at radius 1 is 1.65 bits per heavy atom. The Balaban J connectivity index is 2.66. The summed E-state index contributed by atoms with van der Waals surface area (Å²) >= 11 is 1.14. The molecule has 0 radical (unpaired) electrons. The Bertz CT molecular complexity index is 462. The fourth-order valence-electron chi connectivity index (χ4n) is 1.13. The van der Waals surface area contributed by atoms with E-state index in [0.717, 1.165) is 11.3 Å². The van der Waals surface area contributed by atoms with E-state index in [2.05, 4.69) is 16.6 Å². The third kappa shape index (κ3) is 3.50. The van der Waals surface area contributed by atoms with Crippen molar-refractivity contribution in [3.63, 3.8) is 0 Å². The standard InChI is InChI=1S/C11H12N2O3S/c1-3-7(4-2)12-11(16)13-9-8(10(14)15)5-6-17-9/h1,5-7H,4H2,2H3,(H,14,15)(H2,12,13,16). The van der Waals surface area contributed by atoms with Gasteiger partial charge >= 0.3 is 12.0 Å². The first-order valence-corrected chi connectivity index (χ1v) is 5.80. The van der Waals surface area contributed by atoms with E-state index in [1.807, 2.05) is 6.92 Å². The molecule has 0 bridgehead atoms.